The Balaban J connectivity index is 1.65. The summed E-state index contributed by atoms with van der Waals surface area (Å²) in [6.07, 6.45) is 4.18. The van der Waals surface area contributed by atoms with Crippen LogP contribution in [-0.4, -0.2) is 24.0 Å². The minimum atomic E-state index is -0.0499. The molecule has 0 saturated carbocycles. The Hall–Kier alpha value is -1.62. The monoisotopic (exact) mass is 337 g/mol. The van der Waals surface area contributed by atoms with Crippen LogP contribution in [0.3, 0.4) is 0 Å². The van der Waals surface area contributed by atoms with Gasteiger partial charge >= 0.3 is 0 Å². The van der Waals surface area contributed by atoms with E-state index in [1.807, 2.05) is 24.3 Å². The Bertz CT molecular complexity index is 620. The van der Waals surface area contributed by atoms with Gasteiger partial charge in [0.1, 0.15) is 0 Å². The van der Waals surface area contributed by atoms with Gasteiger partial charge < -0.3 is 10.6 Å². The molecule has 0 spiro atoms. The first-order valence-corrected chi connectivity index (χ1v) is 7.71. The van der Waals surface area contributed by atoms with Gasteiger partial charge in [0.25, 0.3) is 0 Å². The number of hydrogen-bond donors (Lipinski definition) is 2. The number of halogens is 2. The number of carbonyl (C=O) groups is 1. The molecule has 2 rings (SSSR count). The highest BCUT2D eigenvalue weighted by molar-refractivity contribution is 6.35. The van der Waals surface area contributed by atoms with E-state index < -0.39 is 0 Å². The zero-order chi connectivity index (χ0) is 15.8. The van der Waals surface area contributed by atoms with E-state index in [1.165, 1.54) is 0 Å². The van der Waals surface area contributed by atoms with Gasteiger partial charge in [-0.25, -0.2) is 0 Å². The van der Waals surface area contributed by atoms with E-state index in [0.717, 1.165) is 17.5 Å². The molecule has 1 amide bonds. The van der Waals surface area contributed by atoms with E-state index in [4.69, 9.17) is 23.2 Å². The van der Waals surface area contributed by atoms with Crippen molar-refractivity contribution in [2.24, 2.45) is 0 Å². The lowest BCUT2D eigenvalue weighted by Gasteiger charge is -2.08. The number of nitrogens with one attached hydrogen (secondary N) is 2. The van der Waals surface area contributed by atoms with Gasteiger partial charge in [-0.1, -0.05) is 35.3 Å². The number of pyridine rings is 1. The molecule has 116 valence electrons. The van der Waals surface area contributed by atoms with Crippen molar-refractivity contribution in [1.29, 1.82) is 0 Å². The van der Waals surface area contributed by atoms with Gasteiger partial charge in [0, 0.05) is 29.0 Å². The largest absolute Gasteiger partial charge is 0.351 e. The highest BCUT2D eigenvalue weighted by atomic mass is 35.5. The average molecular weight is 338 g/mol. The fourth-order valence-corrected chi connectivity index (χ4v) is 2.42. The molecule has 1 heterocycles. The maximum absolute atomic E-state index is 11.7. The minimum absolute atomic E-state index is 0.0499. The molecule has 0 radical (unpaired) electrons. The van der Waals surface area contributed by atoms with Crippen LogP contribution in [0.15, 0.2) is 42.7 Å². The van der Waals surface area contributed by atoms with Crippen molar-refractivity contribution in [3.05, 3.63) is 63.9 Å². The number of carbonyl (C=O) groups excluding carboxylic acids is 1. The van der Waals surface area contributed by atoms with Crippen LogP contribution in [0.25, 0.3) is 0 Å². The van der Waals surface area contributed by atoms with Crippen molar-refractivity contribution in [2.45, 2.75) is 13.0 Å². The second-order valence-electron chi connectivity index (χ2n) is 4.80. The van der Waals surface area contributed by atoms with E-state index >= 15 is 0 Å². The summed E-state index contributed by atoms with van der Waals surface area (Å²) in [6.45, 7) is 1.42. The minimum Gasteiger partial charge on any atom is -0.351 e. The predicted octanol–water partition coefficient (Wildman–Crippen LogP) is 2.84. The summed E-state index contributed by atoms with van der Waals surface area (Å²) in [4.78, 5) is 15.7. The van der Waals surface area contributed by atoms with Crippen LogP contribution in [0.5, 0.6) is 0 Å². The second-order valence-corrected chi connectivity index (χ2v) is 5.64. The van der Waals surface area contributed by atoms with E-state index in [-0.39, 0.29) is 12.5 Å². The standard InChI is InChI=1S/C16H17Cl2N3O/c17-14-4-3-13(15(18)8-14)5-7-20-11-16(22)21-10-12-2-1-6-19-9-12/h1-4,6,8-9,20H,5,7,10-11H2,(H,21,22). The molecule has 0 aliphatic rings. The fraction of sp³-hybridized carbons (Fsp3) is 0.250. The molecule has 0 aliphatic carbocycles. The third kappa shape index (κ3) is 5.64. The summed E-state index contributed by atoms with van der Waals surface area (Å²) >= 11 is 11.9. The van der Waals surface area contributed by atoms with E-state index in [2.05, 4.69) is 15.6 Å². The number of benzene rings is 1. The van der Waals surface area contributed by atoms with Gasteiger partial charge in [-0.05, 0) is 42.3 Å². The topological polar surface area (TPSA) is 54.0 Å². The van der Waals surface area contributed by atoms with Gasteiger partial charge in [0.2, 0.25) is 5.91 Å². The summed E-state index contributed by atoms with van der Waals surface area (Å²) in [5.74, 6) is -0.0499. The van der Waals surface area contributed by atoms with Crippen LogP contribution in [0.4, 0.5) is 0 Å². The van der Waals surface area contributed by atoms with Gasteiger partial charge in [-0.2, -0.15) is 0 Å². The molecule has 0 aliphatic heterocycles. The van der Waals surface area contributed by atoms with Crippen molar-refractivity contribution in [3.63, 3.8) is 0 Å². The molecule has 2 N–H and O–H groups in total. The lowest BCUT2D eigenvalue weighted by atomic mass is 10.1. The molecule has 22 heavy (non-hydrogen) atoms. The third-order valence-electron chi connectivity index (χ3n) is 3.08. The summed E-state index contributed by atoms with van der Waals surface area (Å²) in [5.41, 5.74) is 1.98. The second kappa shape index (κ2) is 8.73. The van der Waals surface area contributed by atoms with Crippen molar-refractivity contribution in [1.82, 2.24) is 15.6 Å². The van der Waals surface area contributed by atoms with Crippen LogP contribution in [0.2, 0.25) is 10.0 Å². The summed E-state index contributed by atoms with van der Waals surface area (Å²) in [5, 5.41) is 7.19. The maximum atomic E-state index is 11.7. The Morgan fingerprint density at radius 1 is 1.23 bits per heavy atom. The quantitative estimate of drug-likeness (QED) is 0.764. The molecule has 1 aromatic carbocycles. The molecule has 0 unspecified atom stereocenters. The van der Waals surface area contributed by atoms with Crippen molar-refractivity contribution in [3.8, 4) is 0 Å². The summed E-state index contributed by atoms with van der Waals surface area (Å²) in [6, 6.07) is 9.19. The molecule has 0 atom stereocenters. The molecular weight excluding hydrogens is 321 g/mol. The molecule has 0 saturated heterocycles. The molecule has 4 nitrogen and oxygen atoms in total. The van der Waals surface area contributed by atoms with Gasteiger partial charge in [0.05, 0.1) is 6.54 Å². The number of amides is 1. The van der Waals surface area contributed by atoms with Gasteiger partial charge in [-0.3, -0.25) is 9.78 Å². The molecule has 0 bridgehead atoms. The third-order valence-corrected chi connectivity index (χ3v) is 3.67. The molecule has 1 aromatic heterocycles. The van der Waals surface area contributed by atoms with E-state index in [0.29, 0.717) is 23.1 Å². The number of aromatic nitrogens is 1. The van der Waals surface area contributed by atoms with Gasteiger partial charge in [-0.15, -0.1) is 0 Å². The van der Waals surface area contributed by atoms with Crippen LogP contribution < -0.4 is 10.6 Å². The molecule has 2 aromatic rings. The van der Waals surface area contributed by atoms with Crippen LogP contribution in [-0.2, 0) is 17.8 Å². The first kappa shape index (κ1) is 16.7. The average Bonchev–Trinajstić information content (AvgIpc) is 2.52. The molecular formula is C16H17Cl2N3O. The predicted molar refractivity (Wildman–Crippen MR) is 89.1 cm³/mol. The SMILES string of the molecule is O=C(CNCCc1ccc(Cl)cc1Cl)NCc1cccnc1. The number of hydrogen-bond acceptors (Lipinski definition) is 3. The lowest BCUT2D eigenvalue weighted by Crippen LogP contribution is -2.34. The summed E-state index contributed by atoms with van der Waals surface area (Å²) < 4.78 is 0. The normalized spacial score (nSPS) is 10.5. The van der Waals surface area contributed by atoms with Crippen LogP contribution in [0, 0.1) is 0 Å². The van der Waals surface area contributed by atoms with E-state index in [9.17, 15) is 4.79 Å². The molecule has 6 heteroatoms. The highest BCUT2D eigenvalue weighted by Crippen LogP contribution is 2.20. The highest BCUT2D eigenvalue weighted by Gasteiger charge is 2.03. The number of rotatable bonds is 7. The van der Waals surface area contributed by atoms with Crippen molar-refractivity contribution < 1.29 is 4.79 Å². The first-order chi connectivity index (χ1) is 10.6. The van der Waals surface area contributed by atoms with Crippen LogP contribution >= 0.6 is 23.2 Å². The first-order valence-electron chi connectivity index (χ1n) is 6.95. The Morgan fingerprint density at radius 3 is 2.82 bits per heavy atom. The van der Waals surface area contributed by atoms with Crippen LogP contribution in [0.1, 0.15) is 11.1 Å². The lowest BCUT2D eigenvalue weighted by molar-refractivity contribution is -0.120. The maximum Gasteiger partial charge on any atom is 0.234 e. The van der Waals surface area contributed by atoms with Crippen molar-refractivity contribution in [2.75, 3.05) is 13.1 Å². The van der Waals surface area contributed by atoms with Crippen molar-refractivity contribution >= 4 is 29.1 Å². The Labute approximate surface area is 139 Å². The molecule has 0 fully saturated rings. The Kier molecular flexibility index (Phi) is 6.65. The summed E-state index contributed by atoms with van der Waals surface area (Å²) in [7, 11) is 0. The number of nitrogens with zero attached hydrogens (tertiary/aromatic N) is 1. The van der Waals surface area contributed by atoms with Gasteiger partial charge in [0.15, 0.2) is 0 Å². The van der Waals surface area contributed by atoms with E-state index in [1.54, 1.807) is 18.5 Å². The Morgan fingerprint density at radius 2 is 2.09 bits per heavy atom. The zero-order valence-electron chi connectivity index (χ0n) is 12.0. The fourth-order valence-electron chi connectivity index (χ4n) is 1.92. The smallest absolute Gasteiger partial charge is 0.234 e. The zero-order valence-corrected chi connectivity index (χ0v) is 13.5.